The van der Waals surface area contributed by atoms with Gasteiger partial charge in [-0.25, -0.2) is 14.3 Å². The van der Waals surface area contributed by atoms with Gasteiger partial charge in [-0.3, -0.25) is 0 Å². The van der Waals surface area contributed by atoms with Crippen molar-refractivity contribution >= 4 is 11.6 Å². The topological polar surface area (TPSA) is 56.5 Å². The standard InChI is InChI=1S/C11H11N3O2/c1-16-11(15)8-6-9(7-2-3-7)14-10(13-8)4-5-12-14/h4-7H,2-3H2,1H3. The molecule has 0 amide bonds. The monoisotopic (exact) mass is 217 g/mol. The summed E-state index contributed by atoms with van der Waals surface area (Å²) in [6.45, 7) is 0. The van der Waals surface area contributed by atoms with Crippen LogP contribution < -0.4 is 0 Å². The number of ether oxygens (including phenoxy) is 1. The number of carbonyl (C=O) groups excluding carboxylic acids is 1. The Labute approximate surface area is 92.1 Å². The van der Waals surface area contributed by atoms with Gasteiger partial charge in [-0.1, -0.05) is 0 Å². The van der Waals surface area contributed by atoms with Gasteiger partial charge in [0.1, 0.15) is 0 Å². The zero-order chi connectivity index (χ0) is 11.1. The minimum absolute atomic E-state index is 0.359. The quantitative estimate of drug-likeness (QED) is 0.713. The molecule has 16 heavy (non-hydrogen) atoms. The van der Waals surface area contributed by atoms with Crippen molar-refractivity contribution in [2.75, 3.05) is 7.11 Å². The van der Waals surface area contributed by atoms with Crippen LogP contribution in [0.15, 0.2) is 18.3 Å². The molecule has 0 saturated heterocycles. The lowest BCUT2D eigenvalue weighted by molar-refractivity contribution is 0.0594. The van der Waals surface area contributed by atoms with E-state index < -0.39 is 5.97 Å². The van der Waals surface area contributed by atoms with Crippen LogP contribution in [0.3, 0.4) is 0 Å². The molecule has 0 radical (unpaired) electrons. The number of methoxy groups -OCH3 is 1. The highest BCUT2D eigenvalue weighted by Crippen LogP contribution is 2.40. The molecule has 2 heterocycles. The molecule has 0 unspecified atom stereocenters. The molecule has 1 aliphatic rings. The number of esters is 1. The van der Waals surface area contributed by atoms with Crippen molar-refractivity contribution in [3.63, 3.8) is 0 Å². The molecule has 5 heteroatoms. The molecule has 2 aromatic rings. The van der Waals surface area contributed by atoms with E-state index in [-0.39, 0.29) is 0 Å². The molecule has 0 spiro atoms. The first-order valence-electron chi connectivity index (χ1n) is 5.22. The fourth-order valence-corrected chi connectivity index (χ4v) is 1.82. The van der Waals surface area contributed by atoms with E-state index in [1.54, 1.807) is 22.8 Å². The highest BCUT2D eigenvalue weighted by atomic mass is 16.5. The fraction of sp³-hybridized carbons (Fsp3) is 0.364. The summed E-state index contributed by atoms with van der Waals surface area (Å²) in [5, 5.41) is 4.21. The van der Waals surface area contributed by atoms with Crippen LogP contribution in [0, 0.1) is 0 Å². The molecule has 0 atom stereocenters. The molecule has 1 fully saturated rings. The van der Waals surface area contributed by atoms with Gasteiger partial charge in [0.2, 0.25) is 0 Å². The number of hydrogen-bond donors (Lipinski definition) is 0. The average molecular weight is 217 g/mol. The van der Waals surface area contributed by atoms with E-state index >= 15 is 0 Å². The highest BCUT2D eigenvalue weighted by molar-refractivity contribution is 5.87. The van der Waals surface area contributed by atoms with Gasteiger partial charge in [-0.05, 0) is 18.9 Å². The van der Waals surface area contributed by atoms with Crippen LogP contribution in [0.5, 0.6) is 0 Å². The second kappa shape index (κ2) is 3.30. The van der Waals surface area contributed by atoms with Gasteiger partial charge >= 0.3 is 5.97 Å². The summed E-state index contributed by atoms with van der Waals surface area (Å²) in [7, 11) is 1.36. The van der Waals surface area contributed by atoms with Gasteiger partial charge in [0, 0.05) is 17.7 Å². The third-order valence-electron chi connectivity index (χ3n) is 2.78. The number of aromatic nitrogens is 3. The second-order valence-corrected chi connectivity index (χ2v) is 3.93. The van der Waals surface area contributed by atoms with Crippen molar-refractivity contribution < 1.29 is 9.53 Å². The third kappa shape index (κ3) is 1.36. The molecule has 1 aliphatic carbocycles. The van der Waals surface area contributed by atoms with Crippen molar-refractivity contribution in [2.45, 2.75) is 18.8 Å². The molecule has 3 rings (SSSR count). The number of nitrogens with zero attached hydrogens (tertiary/aromatic N) is 3. The summed E-state index contributed by atoms with van der Waals surface area (Å²) in [6, 6.07) is 3.57. The summed E-state index contributed by atoms with van der Waals surface area (Å²) in [5.41, 5.74) is 2.11. The lowest BCUT2D eigenvalue weighted by Crippen LogP contribution is -2.08. The Hall–Kier alpha value is -1.91. The largest absolute Gasteiger partial charge is 0.464 e. The average Bonchev–Trinajstić information content (AvgIpc) is 3.04. The molecule has 0 N–H and O–H groups in total. The molecule has 0 bridgehead atoms. The predicted molar refractivity (Wildman–Crippen MR) is 56.3 cm³/mol. The molecule has 82 valence electrons. The second-order valence-electron chi connectivity index (χ2n) is 3.93. The maximum atomic E-state index is 11.5. The van der Waals surface area contributed by atoms with E-state index in [1.165, 1.54) is 7.11 Å². The lowest BCUT2D eigenvalue weighted by atomic mass is 10.2. The van der Waals surface area contributed by atoms with E-state index in [2.05, 4.69) is 14.8 Å². The van der Waals surface area contributed by atoms with Crippen LogP contribution in [0.4, 0.5) is 0 Å². The Morgan fingerprint density at radius 2 is 2.38 bits per heavy atom. The third-order valence-corrected chi connectivity index (χ3v) is 2.78. The Morgan fingerprint density at radius 3 is 3.06 bits per heavy atom. The van der Waals surface area contributed by atoms with E-state index in [0.717, 1.165) is 18.5 Å². The van der Waals surface area contributed by atoms with E-state index in [4.69, 9.17) is 0 Å². The maximum Gasteiger partial charge on any atom is 0.356 e. The lowest BCUT2D eigenvalue weighted by Gasteiger charge is -2.05. The molecule has 1 saturated carbocycles. The van der Waals surface area contributed by atoms with E-state index in [1.807, 2.05) is 0 Å². The van der Waals surface area contributed by atoms with Crippen LogP contribution >= 0.6 is 0 Å². The SMILES string of the molecule is COC(=O)c1cc(C2CC2)n2nccc2n1. The molecule has 5 nitrogen and oxygen atoms in total. The van der Waals surface area contributed by atoms with Crippen LogP contribution in [-0.2, 0) is 4.74 Å². The maximum absolute atomic E-state index is 11.5. The Bertz CT molecular complexity index is 557. The van der Waals surface area contributed by atoms with E-state index in [9.17, 15) is 4.79 Å². The predicted octanol–water partition coefficient (Wildman–Crippen LogP) is 1.39. The Balaban J connectivity index is 2.20. The van der Waals surface area contributed by atoms with Crippen LogP contribution in [0.1, 0.15) is 34.9 Å². The molecular formula is C11H11N3O2. The first-order valence-corrected chi connectivity index (χ1v) is 5.22. The first kappa shape index (κ1) is 9.33. The Kier molecular flexibility index (Phi) is 1.92. The molecule has 0 aromatic carbocycles. The first-order chi connectivity index (χ1) is 7.79. The fourth-order valence-electron chi connectivity index (χ4n) is 1.82. The molecule has 0 aliphatic heterocycles. The number of fused-ring (bicyclic) bond motifs is 1. The summed E-state index contributed by atoms with van der Waals surface area (Å²) in [4.78, 5) is 15.7. The highest BCUT2D eigenvalue weighted by Gasteiger charge is 2.28. The number of hydrogen-bond acceptors (Lipinski definition) is 4. The summed E-state index contributed by atoms with van der Waals surface area (Å²) in [6.07, 6.45) is 3.99. The Morgan fingerprint density at radius 1 is 1.56 bits per heavy atom. The normalized spacial score (nSPS) is 15.3. The van der Waals surface area contributed by atoms with Gasteiger partial charge in [0.25, 0.3) is 0 Å². The minimum Gasteiger partial charge on any atom is -0.464 e. The minimum atomic E-state index is -0.398. The molecule has 2 aromatic heterocycles. The van der Waals surface area contributed by atoms with Gasteiger partial charge in [0.05, 0.1) is 13.3 Å². The summed E-state index contributed by atoms with van der Waals surface area (Å²) >= 11 is 0. The van der Waals surface area contributed by atoms with Gasteiger partial charge in [0.15, 0.2) is 11.3 Å². The van der Waals surface area contributed by atoms with Gasteiger partial charge in [-0.15, -0.1) is 0 Å². The zero-order valence-electron chi connectivity index (χ0n) is 8.88. The summed E-state index contributed by atoms with van der Waals surface area (Å²) in [5.74, 6) is 0.111. The van der Waals surface area contributed by atoms with Crippen molar-refractivity contribution in [1.82, 2.24) is 14.6 Å². The smallest absolute Gasteiger partial charge is 0.356 e. The number of carbonyl (C=O) groups is 1. The summed E-state index contributed by atoms with van der Waals surface area (Å²) < 4.78 is 6.48. The van der Waals surface area contributed by atoms with Gasteiger partial charge in [-0.2, -0.15) is 5.10 Å². The van der Waals surface area contributed by atoms with Crippen LogP contribution in [0.2, 0.25) is 0 Å². The zero-order valence-corrected chi connectivity index (χ0v) is 8.88. The number of rotatable bonds is 2. The van der Waals surface area contributed by atoms with Crippen LogP contribution in [0.25, 0.3) is 5.65 Å². The van der Waals surface area contributed by atoms with Crippen LogP contribution in [-0.4, -0.2) is 27.7 Å². The van der Waals surface area contributed by atoms with Crippen molar-refractivity contribution in [2.24, 2.45) is 0 Å². The molecular weight excluding hydrogens is 206 g/mol. The van der Waals surface area contributed by atoms with Crippen molar-refractivity contribution in [3.8, 4) is 0 Å². The van der Waals surface area contributed by atoms with Crippen molar-refractivity contribution in [1.29, 1.82) is 0 Å². The van der Waals surface area contributed by atoms with Gasteiger partial charge < -0.3 is 4.74 Å². The van der Waals surface area contributed by atoms with Crippen molar-refractivity contribution in [3.05, 3.63) is 29.7 Å². The van der Waals surface area contributed by atoms with E-state index in [0.29, 0.717) is 17.3 Å².